The minimum absolute atomic E-state index is 0.00163. The van der Waals surface area contributed by atoms with E-state index in [-0.39, 0.29) is 11.7 Å². The van der Waals surface area contributed by atoms with Crippen LogP contribution in [0, 0.1) is 0 Å². The molecule has 108 valence electrons. The molecule has 1 aromatic carbocycles. The van der Waals surface area contributed by atoms with Crippen LogP contribution in [0.1, 0.15) is 24.2 Å². The number of piperazine rings is 1. The summed E-state index contributed by atoms with van der Waals surface area (Å²) in [5.74, 6) is 0.0707. The third kappa shape index (κ3) is 3.31. The highest BCUT2D eigenvalue weighted by Gasteiger charge is 2.23. The van der Waals surface area contributed by atoms with E-state index < -0.39 is 5.38 Å². The molecule has 1 aromatic rings. The van der Waals surface area contributed by atoms with Gasteiger partial charge in [0.2, 0.25) is 5.91 Å². The van der Waals surface area contributed by atoms with Crippen LogP contribution in [-0.2, 0) is 4.79 Å². The van der Waals surface area contributed by atoms with Crippen molar-refractivity contribution in [1.29, 1.82) is 0 Å². The van der Waals surface area contributed by atoms with Gasteiger partial charge in [-0.15, -0.1) is 11.6 Å². The largest absolute Gasteiger partial charge is 0.368 e. The molecule has 1 atom stereocenters. The molecule has 5 heteroatoms. The summed E-state index contributed by atoms with van der Waals surface area (Å²) in [6, 6.07) is 7.60. The lowest BCUT2D eigenvalue weighted by Gasteiger charge is -2.36. The van der Waals surface area contributed by atoms with Crippen molar-refractivity contribution in [1.82, 2.24) is 4.90 Å². The molecule has 0 aliphatic carbocycles. The maximum absolute atomic E-state index is 11.8. The maximum atomic E-state index is 11.8. The molecule has 0 aromatic heterocycles. The number of anilines is 1. The van der Waals surface area contributed by atoms with Gasteiger partial charge in [0.1, 0.15) is 5.38 Å². The minimum Gasteiger partial charge on any atom is -0.368 e. The summed E-state index contributed by atoms with van der Waals surface area (Å²) in [6.45, 7) is 6.21. The van der Waals surface area contributed by atoms with Gasteiger partial charge in [0, 0.05) is 37.4 Å². The van der Waals surface area contributed by atoms with Gasteiger partial charge in [0.25, 0.3) is 0 Å². The number of rotatable bonds is 3. The molecule has 4 nitrogen and oxygen atoms in total. The third-order valence-corrected chi connectivity index (χ3v) is 3.76. The monoisotopic (exact) mass is 294 g/mol. The zero-order chi connectivity index (χ0) is 14.7. The first-order valence-corrected chi connectivity index (χ1v) is 7.21. The fourth-order valence-corrected chi connectivity index (χ4v) is 2.48. The van der Waals surface area contributed by atoms with Crippen molar-refractivity contribution in [3.63, 3.8) is 0 Å². The number of halogens is 1. The van der Waals surface area contributed by atoms with Gasteiger partial charge in [0.05, 0.1) is 0 Å². The quantitative estimate of drug-likeness (QED) is 0.634. The zero-order valence-corrected chi connectivity index (χ0v) is 12.6. The summed E-state index contributed by atoms with van der Waals surface area (Å²) < 4.78 is 0. The molecule has 0 saturated carbocycles. The van der Waals surface area contributed by atoms with Crippen LogP contribution in [0.2, 0.25) is 0 Å². The highest BCUT2D eigenvalue weighted by molar-refractivity contribution is 6.30. The van der Waals surface area contributed by atoms with E-state index in [1.54, 1.807) is 18.7 Å². The molecule has 1 heterocycles. The Morgan fingerprint density at radius 1 is 1.10 bits per heavy atom. The van der Waals surface area contributed by atoms with E-state index in [2.05, 4.69) is 4.90 Å². The molecule has 20 heavy (non-hydrogen) atoms. The first-order valence-electron chi connectivity index (χ1n) is 6.78. The van der Waals surface area contributed by atoms with E-state index in [0.717, 1.165) is 24.3 Å². The average molecular weight is 295 g/mol. The van der Waals surface area contributed by atoms with Gasteiger partial charge in [-0.25, -0.2) is 0 Å². The smallest absolute Gasteiger partial charge is 0.240 e. The Kier molecular flexibility index (Phi) is 4.65. The molecule has 2 rings (SSSR count). The SMILES string of the molecule is CC(=O)c1ccc(N2CCN(C(=O)C(C)Cl)CC2)cc1. The van der Waals surface area contributed by atoms with E-state index in [0.29, 0.717) is 13.1 Å². The van der Waals surface area contributed by atoms with Crippen LogP contribution >= 0.6 is 11.6 Å². The number of carbonyl (C=O) groups is 2. The Bertz CT molecular complexity index is 491. The predicted molar refractivity (Wildman–Crippen MR) is 80.6 cm³/mol. The van der Waals surface area contributed by atoms with Crippen molar-refractivity contribution in [3.8, 4) is 0 Å². The number of hydrogen-bond acceptors (Lipinski definition) is 3. The summed E-state index contributed by atoms with van der Waals surface area (Å²) in [6.07, 6.45) is 0. The lowest BCUT2D eigenvalue weighted by Crippen LogP contribution is -2.50. The van der Waals surface area contributed by atoms with E-state index in [9.17, 15) is 9.59 Å². The lowest BCUT2D eigenvalue weighted by molar-refractivity contribution is -0.130. The predicted octanol–water partition coefficient (Wildman–Crippen LogP) is 2.17. The van der Waals surface area contributed by atoms with E-state index in [4.69, 9.17) is 11.6 Å². The molecule has 0 bridgehead atoms. The van der Waals surface area contributed by atoms with Gasteiger partial charge in [-0.3, -0.25) is 9.59 Å². The van der Waals surface area contributed by atoms with E-state index in [1.807, 2.05) is 24.3 Å². The number of hydrogen-bond donors (Lipinski definition) is 0. The second kappa shape index (κ2) is 6.27. The van der Waals surface area contributed by atoms with Crippen LogP contribution in [0.5, 0.6) is 0 Å². The average Bonchev–Trinajstić information content (AvgIpc) is 2.46. The van der Waals surface area contributed by atoms with Crippen LogP contribution in [-0.4, -0.2) is 48.1 Å². The van der Waals surface area contributed by atoms with Crippen LogP contribution < -0.4 is 4.90 Å². The Morgan fingerprint density at radius 2 is 1.65 bits per heavy atom. The molecule has 1 aliphatic rings. The van der Waals surface area contributed by atoms with Gasteiger partial charge >= 0.3 is 0 Å². The molecule has 1 fully saturated rings. The van der Waals surface area contributed by atoms with Crippen molar-refractivity contribution in [3.05, 3.63) is 29.8 Å². The topological polar surface area (TPSA) is 40.6 Å². The van der Waals surface area contributed by atoms with Crippen molar-refractivity contribution in [2.75, 3.05) is 31.1 Å². The summed E-state index contributed by atoms with van der Waals surface area (Å²) in [7, 11) is 0. The second-order valence-electron chi connectivity index (χ2n) is 5.03. The number of amides is 1. The number of ketones is 1. The second-order valence-corrected chi connectivity index (χ2v) is 5.69. The molecule has 1 aliphatic heterocycles. The van der Waals surface area contributed by atoms with E-state index >= 15 is 0 Å². The molecular formula is C15H19ClN2O2. The van der Waals surface area contributed by atoms with Gasteiger partial charge in [0.15, 0.2) is 5.78 Å². The lowest BCUT2D eigenvalue weighted by atomic mass is 10.1. The van der Waals surface area contributed by atoms with Gasteiger partial charge in [-0.05, 0) is 38.1 Å². The highest BCUT2D eigenvalue weighted by atomic mass is 35.5. The summed E-state index contributed by atoms with van der Waals surface area (Å²) >= 11 is 5.83. The van der Waals surface area contributed by atoms with Crippen LogP contribution in [0.4, 0.5) is 5.69 Å². The maximum Gasteiger partial charge on any atom is 0.240 e. The zero-order valence-electron chi connectivity index (χ0n) is 11.8. The molecule has 0 spiro atoms. The fraction of sp³-hybridized carbons (Fsp3) is 0.467. The number of alkyl halides is 1. The number of carbonyl (C=O) groups excluding carboxylic acids is 2. The van der Waals surface area contributed by atoms with Crippen molar-refractivity contribution in [2.24, 2.45) is 0 Å². The van der Waals surface area contributed by atoms with Gasteiger partial charge in [-0.2, -0.15) is 0 Å². The van der Waals surface area contributed by atoms with Gasteiger partial charge in [-0.1, -0.05) is 0 Å². The Hall–Kier alpha value is -1.55. The molecule has 1 amide bonds. The van der Waals surface area contributed by atoms with Crippen LogP contribution in [0.15, 0.2) is 24.3 Å². The van der Waals surface area contributed by atoms with E-state index in [1.165, 1.54) is 0 Å². The standard InChI is InChI=1S/C15H19ClN2O2/c1-11(16)15(20)18-9-7-17(8-10-18)14-5-3-13(4-6-14)12(2)19/h3-6,11H,7-10H2,1-2H3. The molecule has 1 unspecified atom stereocenters. The summed E-state index contributed by atoms with van der Waals surface area (Å²) in [5, 5.41) is -0.462. The minimum atomic E-state index is -0.462. The molecule has 0 N–H and O–H groups in total. The third-order valence-electron chi connectivity index (χ3n) is 3.57. The fourth-order valence-electron chi connectivity index (χ4n) is 2.34. The molecule has 0 radical (unpaired) electrons. The van der Waals surface area contributed by atoms with Crippen LogP contribution in [0.3, 0.4) is 0 Å². The summed E-state index contributed by atoms with van der Waals surface area (Å²) in [5.41, 5.74) is 1.81. The van der Waals surface area contributed by atoms with Gasteiger partial charge < -0.3 is 9.80 Å². The Balaban J connectivity index is 1.97. The normalized spacial score (nSPS) is 16.9. The number of benzene rings is 1. The Labute approximate surface area is 124 Å². The number of nitrogens with zero attached hydrogens (tertiary/aromatic N) is 2. The first kappa shape index (κ1) is 14.9. The first-order chi connectivity index (χ1) is 9.49. The molecular weight excluding hydrogens is 276 g/mol. The van der Waals surface area contributed by atoms with Crippen molar-refractivity contribution in [2.45, 2.75) is 19.2 Å². The number of Topliss-reactive ketones (excluding diaryl/α,β-unsaturated/α-hetero) is 1. The highest BCUT2D eigenvalue weighted by Crippen LogP contribution is 2.18. The Morgan fingerprint density at radius 3 is 2.10 bits per heavy atom. The van der Waals surface area contributed by atoms with Crippen molar-refractivity contribution < 1.29 is 9.59 Å². The summed E-state index contributed by atoms with van der Waals surface area (Å²) in [4.78, 5) is 27.1. The molecule has 1 saturated heterocycles. The van der Waals surface area contributed by atoms with Crippen LogP contribution in [0.25, 0.3) is 0 Å². The van der Waals surface area contributed by atoms with Crippen molar-refractivity contribution >= 4 is 29.0 Å².